The summed E-state index contributed by atoms with van der Waals surface area (Å²) in [4.78, 5) is 19.3. The highest BCUT2D eigenvalue weighted by Crippen LogP contribution is 2.23. The molecule has 0 aromatic carbocycles. The molecule has 2 aromatic rings. The van der Waals surface area contributed by atoms with Gasteiger partial charge in [0.1, 0.15) is 10.7 Å². The molecule has 7 heteroatoms. The topological polar surface area (TPSA) is 63.1 Å². The molecule has 0 bridgehead atoms. The molecular formula is C17H25N5OS. The molecule has 0 spiro atoms. The van der Waals surface area contributed by atoms with Gasteiger partial charge >= 0.3 is 0 Å². The Kier molecular flexibility index (Phi) is 5.30. The van der Waals surface area contributed by atoms with Crippen LogP contribution in [0.3, 0.4) is 0 Å². The summed E-state index contributed by atoms with van der Waals surface area (Å²) in [6.07, 6.45) is 6.06. The predicted molar refractivity (Wildman–Crippen MR) is 96.1 cm³/mol. The molecule has 0 radical (unpaired) electrons. The molecule has 1 saturated heterocycles. The quantitative estimate of drug-likeness (QED) is 0.902. The molecule has 24 heavy (non-hydrogen) atoms. The molecule has 6 nitrogen and oxygen atoms in total. The first-order chi connectivity index (χ1) is 11.5. The molecule has 2 aromatic heterocycles. The Morgan fingerprint density at radius 2 is 2.33 bits per heavy atom. The smallest absolute Gasteiger partial charge is 0.270 e. The predicted octanol–water partition coefficient (Wildman–Crippen LogP) is 2.39. The number of carbonyl (C=O) groups is 1. The van der Waals surface area contributed by atoms with E-state index in [4.69, 9.17) is 0 Å². The number of amides is 1. The Morgan fingerprint density at radius 3 is 3.04 bits per heavy atom. The first-order valence-electron chi connectivity index (χ1n) is 8.49. The lowest BCUT2D eigenvalue weighted by Crippen LogP contribution is -2.43. The van der Waals surface area contributed by atoms with Gasteiger partial charge < -0.3 is 10.2 Å². The van der Waals surface area contributed by atoms with Crippen molar-refractivity contribution >= 4 is 17.2 Å². The van der Waals surface area contributed by atoms with Crippen LogP contribution in [0.15, 0.2) is 17.8 Å². The first-order valence-corrected chi connectivity index (χ1v) is 9.37. The Balaban J connectivity index is 1.55. The molecule has 1 amide bonds. The van der Waals surface area contributed by atoms with Crippen molar-refractivity contribution in [3.63, 3.8) is 0 Å². The Bertz CT molecular complexity index is 693. The number of rotatable bonds is 5. The molecule has 1 fully saturated rings. The molecule has 1 aliphatic rings. The van der Waals surface area contributed by atoms with E-state index in [-0.39, 0.29) is 5.91 Å². The van der Waals surface area contributed by atoms with Gasteiger partial charge in [-0.1, -0.05) is 0 Å². The fraction of sp³-hybridized carbons (Fsp3) is 0.588. The third-order valence-corrected chi connectivity index (χ3v) is 5.41. The van der Waals surface area contributed by atoms with Crippen molar-refractivity contribution in [1.82, 2.24) is 25.0 Å². The number of thiazole rings is 1. The summed E-state index contributed by atoms with van der Waals surface area (Å²) in [6, 6.07) is 0.573. The highest BCUT2D eigenvalue weighted by molar-refractivity contribution is 7.13. The number of nitrogens with zero attached hydrogens (tertiary/aromatic N) is 4. The van der Waals surface area contributed by atoms with E-state index in [1.165, 1.54) is 30.7 Å². The van der Waals surface area contributed by atoms with Crippen LogP contribution >= 0.6 is 11.3 Å². The van der Waals surface area contributed by atoms with Gasteiger partial charge in [0.05, 0.1) is 6.20 Å². The van der Waals surface area contributed by atoms with Crippen molar-refractivity contribution in [1.29, 1.82) is 0 Å². The minimum Gasteiger partial charge on any atom is -0.350 e. The molecule has 3 heterocycles. The molecule has 1 aliphatic heterocycles. The van der Waals surface area contributed by atoms with Crippen molar-refractivity contribution in [2.45, 2.75) is 32.7 Å². The molecule has 130 valence electrons. The highest BCUT2D eigenvalue weighted by atomic mass is 32.1. The summed E-state index contributed by atoms with van der Waals surface area (Å²) >= 11 is 1.48. The fourth-order valence-electron chi connectivity index (χ4n) is 3.10. The summed E-state index contributed by atoms with van der Waals surface area (Å²) in [5, 5.41) is 9.85. The zero-order valence-corrected chi connectivity index (χ0v) is 15.3. The Morgan fingerprint density at radius 1 is 1.50 bits per heavy atom. The minimum absolute atomic E-state index is 0.0805. The maximum Gasteiger partial charge on any atom is 0.270 e. The lowest BCUT2D eigenvalue weighted by Gasteiger charge is -2.35. The monoisotopic (exact) mass is 347 g/mol. The maximum atomic E-state index is 12.4. The SMILES string of the molecule is CC(C)N1CCC[C@H](CNC(=O)c2csc(-c3cnn(C)c3)n2)C1. The summed E-state index contributed by atoms with van der Waals surface area (Å²) in [7, 11) is 1.87. The molecule has 0 unspecified atom stereocenters. The van der Waals surface area contributed by atoms with Crippen LogP contribution in [-0.4, -0.2) is 51.2 Å². The van der Waals surface area contributed by atoms with Crippen molar-refractivity contribution in [3.8, 4) is 10.6 Å². The van der Waals surface area contributed by atoms with Gasteiger partial charge in [0.2, 0.25) is 0 Å². The molecule has 0 saturated carbocycles. The van der Waals surface area contributed by atoms with Gasteiger partial charge in [-0.3, -0.25) is 9.48 Å². The lowest BCUT2D eigenvalue weighted by atomic mass is 9.97. The largest absolute Gasteiger partial charge is 0.350 e. The maximum absolute atomic E-state index is 12.4. The van der Waals surface area contributed by atoms with Crippen molar-refractivity contribution in [3.05, 3.63) is 23.5 Å². The average molecular weight is 347 g/mol. The van der Waals surface area contributed by atoms with Crippen LogP contribution in [0.25, 0.3) is 10.6 Å². The summed E-state index contributed by atoms with van der Waals surface area (Å²) in [5.41, 5.74) is 1.44. The summed E-state index contributed by atoms with van der Waals surface area (Å²) < 4.78 is 1.74. The number of hydrogen-bond acceptors (Lipinski definition) is 5. The van der Waals surface area contributed by atoms with Crippen LogP contribution < -0.4 is 5.32 Å². The third kappa shape index (κ3) is 4.02. The second-order valence-electron chi connectivity index (χ2n) is 6.75. The van der Waals surface area contributed by atoms with E-state index < -0.39 is 0 Å². The molecule has 1 atom stereocenters. The number of hydrogen-bond donors (Lipinski definition) is 1. The highest BCUT2D eigenvalue weighted by Gasteiger charge is 2.22. The molecule has 0 aliphatic carbocycles. The van der Waals surface area contributed by atoms with E-state index in [0.29, 0.717) is 17.7 Å². The normalized spacial score (nSPS) is 18.9. The van der Waals surface area contributed by atoms with E-state index in [1.807, 2.05) is 18.6 Å². The minimum atomic E-state index is -0.0805. The van der Waals surface area contributed by atoms with Gasteiger partial charge in [-0.25, -0.2) is 4.98 Å². The van der Waals surface area contributed by atoms with Gasteiger partial charge in [0.25, 0.3) is 5.91 Å². The second kappa shape index (κ2) is 7.44. The number of carbonyl (C=O) groups excluding carboxylic acids is 1. The molecule has 3 rings (SSSR count). The van der Waals surface area contributed by atoms with Gasteiger partial charge in [-0.2, -0.15) is 5.10 Å². The average Bonchev–Trinajstić information content (AvgIpc) is 3.21. The van der Waals surface area contributed by atoms with Crippen molar-refractivity contribution in [2.24, 2.45) is 13.0 Å². The van der Waals surface area contributed by atoms with Gasteiger partial charge in [0.15, 0.2) is 0 Å². The molecule has 1 N–H and O–H groups in total. The zero-order valence-electron chi connectivity index (χ0n) is 14.5. The number of piperidine rings is 1. The van der Waals surface area contributed by atoms with E-state index in [0.717, 1.165) is 23.7 Å². The summed E-state index contributed by atoms with van der Waals surface area (Å²) in [6.45, 7) is 7.42. The van der Waals surface area contributed by atoms with Crippen molar-refractivity contribution < 1.29 is 4.79 Å². The number of likely N-dealkylation sites (tertiary alicyclic amines) is 1. The lowest BCUT2D eigenvalue weighted by molar-refractivity contribution is 0.0918. The zero-order chi connectivity index (χ0) is 17.1. The Labute approximate surface area is 146 Å². The standard InChI is InChI=1S/C17H25N5OS/c1-12(2)22-6-4-5-13(9-22)7-18-16(23)15-11-24-17(20-15)14-8-19-21(3)10-14/h8,10-13H,4-7,9H2,1-3H3,(H,18,23)/t13-/m1/s1. The van der Waals surface area contributed by atoms with Crippen molar-refractivity contribution in [2.75, 3.05) is 19.6 Å². The first kappa shape index (κ1) is 17.1. The number of nitrogens with one attached hydrogen (secondary N) is 1. The van der Waals surface area contributed by atoms with Gasteiger partial charge in [-0.15, -0.1) is 11.3 Å². The van der Waals surface area contributed by atoms with E-state index >= 15 is 0 Å². The van der Waals surface area contributed by atoms with E-state index in [9.17, 15) is 4.79 Å². The van der Waals surface area contributed by atoms with Crippen LogP contribution in [0.2, 0.25) is 0 Å². The van der Waals surface area contributed by atoms with Gasteiger partial charge in [0, 0.05) is 43.3 Å². The van der Waals surface area contributed by atoms with Gasteiger partial charge in [-0.05, 0) is 39.2 Å². The summed E-state index contributed by atoms with van der Waals surface area (Å²) in [5.74, 6) is 0.449. The van der Waals surface area contributed by atoms with E-state index in [1.54, 1.807) is 10.9 Å². The van der Waals surface area contributed by atoms with Crippen LogP contribution in [0.1, 0.15) is 37.2 Å². The third-order valence-electron chi connectivity index (χ3n) is 4.52. The Hall–Kier alpha value is -1.73. The van der Waals surface area contributed by atoms with Crippen LogP contribution in [0.5, 0.6) is 0 Å². The fourth-order valence-corrected chi connectivity index (χ4v) is 3.88. The number of aryl methyl sites for hydroxylation is 1. The van der Waals surface area contributed by atoms with Crippen LogP contribution in [-0.2, 0) is 7.05 Å². The number of aromatic nitrogens is 3. The second-order valence-corrected chi connectivity index (χ2v) is 7.61. The van der Waals surface area contributed by atoms with Crippen LogP contribution in [0.4, 0.5) is 0 Å². The van der Waals surface area contributed by atoms with Crippen LogP contribution in [0, 0.1) is 5.92 Å². The van der Waals surface area contributed by atoms with E-state index in [2.05, 4.69) is 34.1 Å². The molecular weight excluding hydrogens is 322 g/mol.